The molecule has 122 valence electrons. The van der Waals surface area contributed by atoms with Gasteiger partial charge in [0.1, 0.15) is 25.2 Å². The number of ether oxygens (including phenoxy) is 1. The quantitative estimate of drug-likeness (QED) is 0.714. The monoisotopic (exact) mass is 323 g/mol. The second-order valence-corrected chi connectivity index (χ2v) is 5.16. The van der Waals surface area contributed by atoms with E-state index in [0.717, 1.165) is 11.3 Å². The molecule has 1 heterocycles. The summed E-state index contributed by atoms with van der Waals surface area (Å²) in [5.74, 6) is 0.570. The smallest absolute Gasteiger partial charge is 0.242 e. The maximum Gasteiger partial charge on any atom is 0.242 e. The Hall–Kier alpha value is -3.22. The first-order chi connectivity index (χ1) is 11.8. The van der Waals surface area contributed by atoms with Crippen molar-refractivity contribution in [2.24, 2.45) is 0 Å². The largest absolute Gasteiger partial charge is 0.491 e. The minimum Gasteiger partial charge on any atom is -0.491 e. The van der Waals surface area contributed by atoms with Crippen LogP contribution < -0.4 is 10.1 Å². The van der Waals surface area contributed by atoms with Crippen molar-refractivity contribution in [1.82, 2.24) is 25.5 Å². The molecule has 0 aliphatic heterocycles. The van der Waals surface area contributed by atoms with Crippen LogP contribution in [0.2, 0.25) is 0 Å². The van der Waals surface area contributed by atoms with E-state index in [4.69, 9.17) is 4.74 Å². The van der Waals surface area contributed by atoms with Gasteiger partial charge in [0.05, 0.1) is 6.04 Å². The molecule has 2 aromatic carbocycles. The molecule has 0 spiro atoms. The van der Waals surface area contributed by atoms with Gasteiger partial charge in [0.15, 0.2) is 0 Å². The maximum absolute atomic E-state index is 12.2. The Labute approximate surface area is 139 Å². The van der Waals surface area contributed by atoms with Crippen molar-refractivity contribution in [3.05, 3.63) is 72.6 Å². The van der Waals surface area contributed by atoms with Gasteiger partial charge in [-0.1, -0.05) is 48.5 Å². The molecule has 0 bridgehead atoms. The van der Waals surface area contributed by atoms with Crippen LogP contribution in [0.4, 0.5) is 0 Å². The molecule has 0 unspecified atom stereocenters. The molecule has 0 saturated heterocycles. The molecule has 7 nitrogen and oxygen atoms in total. The summed E-state index contributed by atoms with van der Waals surface area (Å²) in [6.07, 6.45) is 1.40. The lowest BCUT2D eigenvalue weighted by molar-refractivity contribution is -0.122. The second-order valence-electron chi connectivity index (χ2n) is 5.16. The number of nitrogens with zero attached hydrogens (tertiary/aromatic N) is 4. The molecule has 0 aliphatic rings. The second kappa shape index (κ2) is 7.87. The first-order valence-electron chi connectivity index (χ1n) is 7.54. The Morgan fingerprint density at radius 1 is 1.08 bits per heavy atom. The standard InChI is InChI=1S/C17H17N5O2/c23-17(11-22-13-18-20-21-22)19-16(14-7-3-1-4-8-14)12-24-15-9-5-2-6-10-15/h1-10,13,16H,11-12H2,(H,19,23)/t16-/m0/s1. The zero-order valence-corrected chi connectivity index (χ0v) is 12.9. The predicted octanol–water partition coefficient (Wildman–Crippen LogP) is 1.61. The highest BCUT2D eigenvalue weighted by molar-refractivity contribution is 5.76. The highest BCUT2D eigenvalue weighted by atomic mass is 16.5. The fourth-order valence-corrected chi connectivity index (χ4v) is 2.24. The molecule has 1 N–H and O–H groups in total. The summed E-state index contributed by atoms with van der Waals surface area (Å²) in [5, 5.41) is 13.7. The Morgan fingerprint density at radius 3 is 2.46 bits per heavy atom. The number of rotatable bonds is 7. The number of hydrogen-bond acceptors (Lipinski definition) is 5. The molecule has 1 aromatic heterocycles. The molecule has 3 aromatic rings. The highest BCUT2D eigenvalue weighted by Crippen LogP contribution is 2.16. The Kier molecular flexibility index (Phi) is 5.14. The van der Waals surface area contributed by atoms with E-state index >= 15 is 0 Å². The van der Waals surface area contributed by atoms with Crippen LogP contribution in [-0.4, -0.2) is 32.7 Å². The first-order valence-corrected chi connectivity index (χ1v) is 7.54. The molecular weight excluding hydrogens is 306 g/mol. The summed E-state index contributed by atoms with van der Waals surface area (Å²) in [7, 11) is 0. The van der Waals surface area contributed by atoms with Gasteiger partial charge in [-0.15, -0.1) is 5.10 Å². The summed E-state index contributed by atoms with van der Waals surface area (Å²) in [6, 6.07) is 18.9. The van der Waals surface area contributed by atoms with Crippen molar-refractivity contribution >= 4 is 5.91 Å². The topological polar surface area (TPSA) is 81.9 Å². The van der Waals surface area contributed by atoms with Crippen LogP contribution in [-0.2, 0) is 11.3 Å². The summed E-state index contributed by atoms with van der Waals surface area (Å²) < 4.78 is 7.17. The fourth-order valence-electron chi connectivity index (χ4n) is 2.24. The number of hydrogen-bond donors (Lipinski definition) is 1. The average molecular weight is 323 g/mol. The molecule has 0 fully saturated rings. The number of benzene rings is 2. The number of nitrogens with one attached hydrogen (secondary N) is 1. The molecule has 0 aliphatic carbocycles. The number of tetrazole rings is 1. The van der Waals surface area contributed by atoms with Crippen LogP contribution in [0, 0.1) is 0 Å². The minimum atomic E-state index is -0.268. The van der Waals surface area contributed by atoms with Crippen LogP contribution >= 0.6 is 0 Å². The lowest BCUT2D eigenvalue weighted by Crippen LogP contribution is -2.34. The number of amides is 1. The van der Waals surface area contributed by atoms with Crippen LogP contribution in [0.5, 0.6) is 5.75 Å². The van der Waals surface area contributed by atoms with E-state index in [1.54, 1.807) is 0 Å². The van der Waals surface area contributed by atoms with Gasteiger partial charge >= 0.3 is 0 Å². The van der Waals surface area contributed by atoms with Crippen LogP contribution in [0.1, 0.15) is 11.6 Å². The minimum absolute atomic E-state index is 0.0572. The molecule has 24 heavy (non-hydrogen) atoms. The summed E-state index contributed by atoms with van der Waals surface area (Å²) >= 11 is 0. The van der Waals surface area contributed by atoms with Crippen molar-refractivity contribution in [1.29, 1.82) is 0 Å². The van der Waals surface area contributed by atoms with Crippen molar-refractivity contribution in [3.63, 3.8) is 0 Å². The fraction of sp³-hybridized carbons (Fsp3) is 0.176. The van der Waals surface area contributed by atoms with Gasteiger partial charge in [0.25, 0.3) is 0 Å². The van der Waals surface area contributed by atoms with E-state index < -0.39 is 0 Å². The van der Waals surface area contributed by atoms with Gasteiger partial charge in [-0.2, -0.15) is 0 Å². The zero-order valence-electron chi connectivity index (χ0n) is 12.9. The molecule has 7 heteroatoms. The van der Waals surface area contributed by atoms with E-state index in [-0.39, 0.29) is 18.5 Å². The summed E-state index contributed by atoms with van der Waals surface area (Å²) in [6.45, 7) is 0.386. The third-order valence-corrected chi connectivity index (χ3v) is 3.39. The normalized spacial score (nSPS) is 11.7. The third-order valence-electron chi connectivity index (χ3n) is 3.39. The van der Waals surface area contributed by atoms with E-state index in [2.05, 4.69) is 20.8 Å². The molecule has 1 amide bonds. The molecule has 0 radical (unpaired) electrons. The zero-order chi connectivity index (χ0) is 16.6. The number of carbonyl (C=O) groups excluding carboxylic acids is 1. The Balaban J connectivity index is 1.66. The Morgan fingerprint density at radius 2 is 1.79 bits per heavy atom. The van der Waals surface area contributed by atoms with Crippen LogP contribution in [0.25, 0.3) is 0 Å². The van der Waals surface area contributed by atoms with Gasteiger partial charge in [-0.25, -0.2) is 4.68 Å². The third kappa shape index (κ3) is 4.39. The van der Waals surface area contributed by atoms with Crippen molar-refractivity contribution < 1.29 is 9.53 Å². The maximum atomic E-state index is 12.2. The number of para-hydroxylation sites is 1. The molecule has 1 atom stereocenters. The van der Waals surface area contributed by atoms with Crippen molar-refractivity contribution in [3.8, 4) is 5.75 Å². The van der Waals surface area contributed by atoms with E-state index in [0.29, 0.717) is 6.61 Å². The van der Waals surface area contributed by atoms with Gasteiger partial charge in [-0.05, 0) is 28.1 Å². The van der Waals surface area contributed by atoms with Crippen molar-refractivity contribution in [2.75, 3.05) is 6.61 Å². The average Bonchev–Trinajstić information content (AvgIpc) is 3.13. The lowest BCUT2D eigenvalue weighted by atomic mass is 10.1. The van der Waals surface area contributed by atoms with Gasteiger partial charge < -0.3 is 10.1 Å². The molecule has 0 saturated carbocycles. The first kappa shape index (κ1) is 15.7. The van der Waals surface area contributed by atoms with E-state index in [9.17, 15) is 4.79 Å². The van der Waals surface area contributed by atoms with Gasteiger partial charge in [0, 0.05) is 0 Å². The predicted molar refractivity (Wildman–Crippen MR) is 87.1 cm³/mol. The lowest BCUT2D eigenvalue weighted by Gasteiger charge is -2.20. The number of aromatic nitrogens is 4. The summed E-state index contributed by atoms with van der Waals surface area (Å²) in [5.41, 5.74) is 0.971. The van der Waals surface area contributed by atoms with Crippen molar-refractivity contribution in [2.45, 2.75) is 12.6 Å². The van der Waals surface area contributed by atoms with E-state index in [1.807, 2.05) is 60.7 Å². The molecular formula is C17H17N5O2. The van der Waals surface area contributed by atoms with Crippen LogP contribution in [0.3, 0.4) is 0 Å². The number of carbonyl (C=O) groups is 1. The molecule has 3 rings (SSSR count). The SMILES string of the molecule is O=C(Cn1cnnn1)N[C@@H](COc1ccccc1)c1ccccc1. The van der Waals surface area contributed by atoms with Gasteiger partial charge in [0.2, 0.25) is 5.91 Å². The Bertz CT molecular complexity index is 747. The summed E-state index contributed by atoms with van der Waals surface area (Å²) in [4.78, 5) is 12.2. The highest BCUT2D eigenvalue weighted by Gasteiger charge is 2.16. The van der Waals surface area contributed by atoms with E-state index in [1.165, 1.54) is 11.0 Å². The van der Waals surface area contributed by atoms with Crippen LogP contribution in [0.15, 0.2) is 67.0 Å². The van der Waals surface area contributed by atoms with Gasteiger partial charge in [-0.3, -0.25) is 4.79 Å².